The molecule has 522 valence electrons. The van der Waals surface area contributed by atoms with Crippen molar-refractivity contribution >= 4 is 35.1 Å². The predicted octanol–water partition coefficient (Wildman–Crippen LogP) is 18.3. The van der Waals surface area contributed by atoms with Gasteiger partial charge in [-0.1, -0.05) is 336 Å². The molecule has 4 unspecified atom stereocenters. The highest BCUT2D eigenvalue weighted by Gasteiger charge is 2.34. The molecule has 0 aromatic heterocycles. The maximum absolute atomic E-state index is 12.3. The molecule has 0 aromatic rings. The zero-order valence-corrected chi connectivity index (χ0v) is 57.5. The zero-order valence-electron chi connectivity index (χ0n) is 57.5. The fourth-order valence-electron chi connectivity index (χ4n) is 11.2. The molecule has 0 amide bonds. The highest BCUT2D eigenvalue weighted by molar-refractivity contribution is 5.88. The van der Waals surface area contributed by atoms with E-state index in [1.54, 1.807) is 0 Å². The van der Waals surface area contributed by atoms with E-state index in [0.717, 1.165) is 51.4 Å². The maximum atomic E-state index is 12.3. The topological polar surface area (TPSA) is 264 Å². The number of carbonyl (C=O) groups excluding carboxylic acids is 4. The molecule has 0 aromatic carbocycles. The van der Waals surface area contributed by atoms with Crippen molar-refractivity contribution in [2.75, 3.05) is 0 Å². The molecule has 0 heterocycles. The molecule has 0 aliphatic heterocycles. The van der Waals surface area contributed by atoms with Crippen molar-refractivity contribution in [3.8, 4) is 0 Å². The van der Waals surface area contributed by atoms with Gasteiger partial charge in [-0.25, -0.2) is 0 Å². The first kappa shape index (κ1) is 89.6. The van der Waals surface area contributed by atoms with E-state index < -0.39 is 71.7 Å². The molecule has 88 heavy (non-hydrogen) atoms. The van der Waals surface area contributed by atoms with Gasteiger partial charge in [0.15, 0.2) is 23.1 Å². The SMILES string of the molecule is CCCCCCCCCCCCCCCC(=O)C(O)C(O)C(O)C(=O)CCCCCCCCCCCCCCC.CCCCCCCCCCCCCCCC(=O)C(O)C(O)C(O)C(=O)CCCCCCCCCCCCCCC.O=C(O)CCC(=O)O. The van der Waals surface area contributed by atoms with Crippen LogP contribution in [0.1, 0.15) is 400 Å². The van der Waals surface area contributed by atoms with Crippen molar-refractivity contribution in [3.63, 3.8) is 0 Å². The van der Waals surface area contributed by atoms with Crippen LogP contribution in [-0.4, -0.2) is 113 Å². The minimum Gasteiger partial charge on any atom is -0.481 e. The number of carbonyl (C=O) groups is 6. The second-order valence-corrected chi connectivity index (χ2v) is 25.9. The van der Waals surface area contributed by atoms with Gasteiger partial charge in [-0.2, -0.15) is 0 Å². The maximum Gasteiger partial charge on any atom is 0.303 e. The molecule has 0 spiro atoms. The number of aliphatic hydroxyl groups excluding tert-OH is 6. The lowest BCUT2D eigenvalue weighted by Crippen LogP contribution is -2.45. The van der Waals surface area contributed by atoms with E-state index >= 15 is 0 Å². The minimum atomic E-state index is -1.73. The standard InChI is InChI=1S/2C35H68O5.C4H6O4/c2*1-3-5-7-9-11-13-15-17-19-21-23-25-27-29-31(36)33(38)35(40)34(39)32(37)30-28-26-24-22-20-18-16-14-12-10-8-6-4-2;5-3(6)1-2-4(7)8/h2*33-35,38-40H,3-30H2,1-2H3;1-2H2,(H,5,6)(H,7,8). The number of aliphatic carboxylic acids is 2. The fraction of sp³-hybridized carbons (Fsp3) is 0.919. The molecule has 0 fully saturated rings. The number of carboxylic acid groups (broad SMARTS) is 2. The number of Topliss-reactive ketones (excluding diaryl/α,β-unsaturated/α-hetero) is 4. The zero-order chi connectivity index (χ0) is 65.9. The van der Waals surface area contributed by atoms with Gasteiger partial charge in [0.05, 0.1) is 12.8 Å². The van der Waals surface area contributed by atoms with Crippen molar-refractivity contribution in [1.82, 2.24) is 0 Å². The van der Waals surface area contributed by atoms with Crippen LogP contribution in [0.25, 0.3) is 0 Å². The molecule has 14 nitrogen and oxygen atoms in total. The first-order chi connectivity index (χ1) is 42.5. The molecule has 0 aliphatic rings. The Morgan fingerprint density at radius 1 is 0.193 bits per heavy atom. The van der Waals surface area contributed by atoms with Crippen molar-refractivity contribution in [3.05, 3.63) is 0 Å². The molecular weight excluding hydrogens is 1110 g/mol. The summed E-state index contributed by atoms with van der Waals surface area (Å²) in [6.45, 7) is 8.99. The van der Waals surface area contributed by atoms with Crippen molar-refractivity contribution in [2.24, 2.45) is 0 Å². The molecule has 14 heteroatoms. The van der Waals surface area contributed by atoms with Crippen LogP contribution >= 0.6 is 0 Å². The summed E-state index contributed by atoms with van der Waals surface area (Å²) < 4.78 is 0. The lowest BCUT2D eigenvalue weighted by atomic mass is 9.95. The van der Waals surface area contributed by atoms with Crippen LogP contribution in [-0.2, 0) is 28.8 Å². The van der Waals surface area contributed by atoms with Gasteiger partial charge in [0.2, 0.25) is 0 Å². The second-order valence-electron chi connectivity index (χ2n) is 25.9. The Morgan fingerprint density at radius 2 is 0.307 bits per heavy atom. The van der Waals surface area contributed by atoms with Crippen LogP contribution in [0.15, 0.2) is 0 Å². The molecule has 0 saturated carbocycles. The van der Waals surface area contributed by atoms with Gasteiger partial charge in [0.25, 0.3) is 0 Å². The van der Waals surface area contributed by atoms with E-state index in [0.29, 0.717) is 25.7 Å². The Balaban J connectivity index is -0.00000146. The summed E-state index contributed by atoms with van der Waals surface area (Å²) in [4.78, 5) is 68.3. The minimum absolute atomic E-state index is 0.176. The van der Waals surface area contributed by atoms with Crippen molar-refractivity contribution in [2.45, 2.75) is 437 Å². The first-order valence-electron chi connectivity index (χ1n) is 37.2. The van der Waals surface area contributed by atoms with E-state index in [2.05, 4.69) is 27.7 Å². The van der Waals surface area contributed by atoms with Gasteiger partial charge in [0, 0.05) is 25.7 Å². The largest absolute Gasteiger partial charge is 0.481 e. The highest BCUT2D eigenvalue weighted by Crippen LogP contribution is 2.20. The molecular formula is C74H142O14. The average Bonchev–Trinajstić information content (AvgIpc) is 2.64. The molecule has 0 saturated heterocycles. The number of hydrogen-bond donors (Lipinski definition) is 8. The van der Waals surface area contributed by atoms with Crippen LogP contribution in [0.3, 0.4) is 0 Å². The van der Waals surface area contributed by atoms with Gasteiger partial charge < -0.3 is 40.9 Å². The first-order valence-corrected chi connectivity index (χ1v) is 37.2. The molecule has 0 rings (SSSR count). The van der Waals surface area contributed by atoms with Gasteiger partial charge in [0.1, 0.15) is 36.6 Å². The second kappa shape index (κ2) is 70.3. The van der Waals surface area contributed by atoms with Crippen molar-refractivity contribution in [1.29, 1.82) is 0 Å². The van der Waals surface area contributed by atoms with E-state index in [4.69, 9.17) is 10.2 Å². The molecule has 4 atom stereocenters. The predicted molar refractivity (Wildman–Crippen MR) is 362 cm³/mol. The Bertz CT molecular complexity index is 1350. The van der Waals surface area contributed by atoms with Crippen LogP contribution in [0.5, 0.6) is 0 Å². The Morgan fingerprint density at radius 3 is 0.420 bits per heavy atom. The van der Waals surface area contributed by atoms with Crippen LogP contribution in [0, 0.1) is 0 Å². The third-order valence-corrected chi connectivity index (χ3v) is 17.3. The molecule has 0 bridgehead atoms. The number of aliphatic hydroxyl groups is 6. The van der Waals surface area contributed by atoms with Gasteiger partial charge >= 0.3 is 11.9 Å². The van der Waals surface area contributed by atoms with Crippen LogP contribution in [0.2, 0.25) is 0 Å². The van der Waals surface area contributed by atoms with Crippen LogP contribution in [0.4, 0.5) is 0 Å². The van der Waals surface area contributed by atoms with Gasteiger partial charge in [-0.15, -0.1) is 0 Å². The van der Waals surface area contributed by atoms with Crippen molar-refractivity contribution < 1.29 is 69.6 Å². The normalized spacial score (nSPS) is 13.3. The lowest BCUT2D eigenvalue weighted by molar-refractivity contribution is -0.148. The fourth-order valence-corrected chi connectivity index (χ4v) is 11.2. The summed E-state index contributed by atoms with van der Waals surface area (Å²) in [7, 11) is 0. The number of unbranched alkanes of at least 4 members (excludes halogenated alkanes) is 48. The quantitative estimate of drug-likeness (QED) is 0.0263. The van der Waals surface area contributed by atoms with E-state index in [1.165, 1.54) is 257 Å². The smallest absolute Gasteiger partial charge is 0.303 e. The molecule has 0 radical (unpaired) electrons. The number of hydrogen-bond acceptors (Lipinski definition) is 12. The summed E-state index contributed by atoms with van der Waals surface area (Å²) in [6, 6.07) is 0. The summed E-state index contributed by atoms with van der Waals surface area (Å²) in [5.74, 6) is -4.08. The lowest BCUT2D eigenvalue weighted by Gasteiger charge is -2.21. The third kappa shape index (κ3) is 63.5. The number of rotatable bonds is 67. The molecule has 8 N–H and O–H groups in total. The Hall–Kier alpha value is -2.62. The summed E-state index contributed by atoms with van der Waals surface area (Å²) >= 11 is 0. The highest BCUT2D eigenvalue weighted by atomic mass is 16.4. The van der Waals surface area contributed by atoms with E-state index in [1.807, 2.05) is 0 Å². The summed E-state index contributed by atoms with van der Waals surface area (Å²) in [6.07, 6.45) is 52.9. The summed E-state index contributed by atoms with van der Waals surface area (Å²) in [5, 5.41) is 76.9. The third-order valence-electron chi connectivity index (χ3n) is 17.3. The van der Waals surface area contributed by atoms with E-state index in [9.17, 15) is 59.4 Å². The Labute approximate surface area is 539 Å². The van der Waals surface area contributed by atoms with Crippen LogP contribution < -0.4 is 0 Å². The average molecular weight is 1260 g/mol. The number of ketones is 4. The monoisotopic (exact) mass is 1260 g/mol. The molecule has 0 aliphatic carbocycles. The summed E-state index contributed by atoms with van der Waals surface area (Å²) in [5.41, 5.74) is 0. The number of carboxylic acids is 2. The van der Waals surface area contributed by atoms with Gasteiger partial charge in [-0.3, -0.25) is 28.8 Å². The van der Waals surface area contributed by atoms with Gasteiger partial charge in [-0.05, 0) is 25.7 Å². The Kier molecular flexibility index (Phi) is 71.5. The van der Waals surface area contributed by atoms with E-state index in [-0.39, 0.29) is 38.5 Å².